The maximum atomic E-state index is 12.3. The number of aliphatic carboxylic acids is 1. The van der Waals surface area contributed by atoms with Gasteiger partial charge in [0.05, 0.1) is 17.7 Å². The Morgan fingerprint density at radius 3 is 2.70 bits per heavy atom. The van der Waals surface area contributed by atoms with Gasteiger partial charge < -0.3 is 10.0 Å². The second-order valence-electron chi connectivity index (χ2n) is 5.15. The average Bonchev–Trinajstić information content (AvgIpc) is 2.76. The highest BCUT2D eigenvalue weighted by atomic mass is 16.4. The first kappa shape index (κ1) is 16.2. The SMILES string of the molecule is CCCCn1ncc(C(=O)N(C)CC(C)C(=O)O)c1C. The monoisotopic (exact) mass is 281 g/mol. The number of carboxylic acids is 1. The molecule has 20 heavy (non-hydrogen) atoms. The van der Waals surface area contributed by atoms with Crippen LogP contribution in [0.25, 0.3) is 0 Å². The Hall–Kier alpha value is -1.85. The van der Waals surface area contributed by atoms with Crippen LogP contribution >= 0.6 is 0 Å². The third-order valence-electron chi connectivity index (χ3n) is 3.37. The molecule has 0 saturated heterocycles. The third kappa shape index (κ3) is 3.82. The molecule has 0 saturated carbocycles. The van der Waals surface area contributed by atoms with Crippen LogP contribution in [0.4, 0.5) is 0 Å². The Labute approximate surface area is 119 Å². The first-order chi connectivity index (χ1) is 9.38. The lowest BCUT2D eigenvalue weighted by Crippen LogP contribution is -2.33. The Morgan fingerprint density at radius 2 is 2.15 bits per heavy atom. The number of aryl methyl sites for hydroxylation is 1. The van der Waals surface area contributed by atoms with Crippen LogP contribution in [0, 0.1) is 12.8 Å². The zero-order valence-electron chi connectivity index (χ0n) is 12.6. The van der Waals surface area contributed by atoms with E-state index in [0.29, 0.717) is 5.56 Å². The summed E-state index contributed by atoms with van der Waals surface area (Å²) < 4.78 is 1.82. The van der Waals surface area contributed by atoms with E-state index in [0.717, 1.165) is 25.1 Å². The van der Waals surface area contributed by atoms with Gasteiger partial charge in [0, 0.05) is 25.8 Å². The first-order valence-corrected chi connectivity index (χ1v) is 6.89. The quantitative estimate of drug-likeness (QED) is 0.826. The lowest BCUT2D eigenvalue weighted by atomic mass is 10.1. The van der Waals surface area contributed by atoms with Crippen LogP contribution in [-0.4, -0.2) is 45.3 Å². The van der Waals surface area contributed by atoms with Gasteiger partial charge >= 0.3 is 5.97 Å². The van der Waals surface area contributed by atoms with Crippen LogP contribution in [-0.2, 0) is 11.3 Å². The molecule has 1 unspecified atom stereocenters. The Morgan fingerprint density at radius 1 is 1.50 bits per heavy atom. The van der Waals surface area contributed by atoms with Crippen LogP contribution < -0.4 is 0 Å². The van der Waals surface area contributed by atoms with E-state index < -0.39 is 11.9 Å². The number of carbonyl (C=O) groups is 2. The van der Waals surface area contributed by atoms with Crippen molar-refractivity contribution in [2.24, 2.45) is 5.92 Å². The number of nitrogens with zero attached hydrogens (tertiary/aromatic N) is 3. The lowest BCUT2D eigenvalue weighted by molar-refractivity contribution is -0.141. The third-order valence-corrected chi connectivity index (χ3v) is 3.37. The fourth-order valence-electron chi connectivity index (χ4n) is 1.97. The zero-order chi connectivity index (χ0) is 15.3. The van der Waals surface area contributed by atoms with E-state index in [-0.39, 0.29) is 12.5 Å². The summed E-state index contributed by atoms with van der Waals surface area (Å²) in [6, 6.07) is 0. The predicted molar refractivity (Wildman–Crippen MR) is 75.6 cm³/mol. The summed E-state index contributed by atoms with van der Waals surface area (Å²) in [5, 5.41) is 13.1. The molecule has 0 aliphatic rings. The van der Waals surface area contributed by atoms with Gasteiger partial charge in [0.2, 0.25) is 0 Å². The maximum Gasteiger partial charge on any atom is 0.308 e. The van der Waals surface area contributed by atoms with E-state index in [4.69, 9.17) is 5.11 Å². The zero-order valence-corrected chi connectivity index (χ0v) is 12.6. The molecule has 1 atom stereocenters. The van der Waals surface area contributed by atoms with Gasteiger partial charge in [0.1, 0.15) is 0 Å². The molecule has 6 nitrogen and oxygen atoms in total. The summed E-state index contributed by atoms with van der Waals surface area (Å²) >= 11 is 0. The normalized spacial score (nSPS) is 12.2. The van der Waals surface area contributed by atoms with E-state index in [1.54, 1.807) is 20.2 Å². The van der Waals surface area contributed by atoms with Crippen LogP contribution in [0.15, 0.2) is 6.20 Å². The van der Waals surface area contributed by atoms with Crippen LogP contribution in [0.5, 0.6) is 0 Å². The van der Waals surface area contributed by atoms with Crippen molar-refractivity contribution in [2.45, 2.75) is 40.2 Å². The molecule has 1 aromatic rings. The van der Waals surface area contributed by atoms with Gasteiger partial charge in [-0.2, -0.15) is 5.10 Å². The largest absolute Gasteiger partial charge is 0.481 e. The molecule has 0 aromatic carbocycles. The summed E-state index contributed by atoms with van der Waals surface area (Å²) in [5.41, 5.74) is 1.37. The summed E-state index contributed by atoms with van der Waals surface area (Å²) in [7, 11) is 1.62. The molecule has 6 heteroatoms. The van der Waals surface area contributed by atoms with Gasteiger partial charge in [-0.25, -0.2) is 0 Å². The number of hydrogen-bond acceptors (Lipinski definition) is 3. The molecule has 0 aliphatic heterocycles. The number of unbranched alkanes of at least 4 members (excludes halogenated alkanes) is 1. The van der Waals surface area contributed by atoms with Gasteiger partial charge in [-0.05, 0) is 13.3 Å². The van der Waals surface area contributed by atoms with Crippen molar-refractivity contribution in [3.8, 4) is 0 Å². The fourth-order valence-corrected chi connectivity index (χ4v) is 1.97. The molecule has 0 spiro atoms. The summed E-state index contributed by atoms with van der Waals surface area (Å²) in [4.78, 5) is 24.6. The fraction of sp³-hybridized carbons (Fsp3) is 0.643. The van der Waals surface area contributed by atoms with Gasteiger partial charge in [-0.1, -0.05) is 20.3 Å². The van der Waals surface area contributed by atoms with E-state index >= 15 is 0 Å². The number of aromatic nitrogens is 2. The van der Waals surface area contributed by atoms with Crippen molar-refractivity contribution in [3.63, 3.8) is 0 Å². The second-order valence-corrected chi connectivity index (χ2v) is 5.15. The van der Waals surface area contributed by atoms with Crippen LogP contribution in [0.3, 0.4) is 0 Å². The van der Waals surface area contributed by atoms with Crippen molar-refractivity contribution in [2.75, 3.05) is 13.6 Å². The predicted octanol–water partition coefficient (Wildman–Crippen LogP) is 1.78. The Bertz CT molecular complexity index is 482. The molecule has 0 bridgehead atoms. The molecular weight excluding hydrogens is 258 g/mol. The molecule has 1 amide bonds. The average molecular weight is 281 g/mol. The Balaban J connectivity index is 2.76. The van der Waals surface area contributed by atoms with Crippen molar-refractivity contribution in [3.05, 3.63) is 17.5 Å². The van der Waals surface area contributed by atoms with E-state index in [2.05, 4.69) is 12.0 Å². The van der Waals surface area contributed by atoms with E-state index in [1.807, 2.05) is 11.6 Å². The minimum Gasteiger partial charge on any atom is -0.481 e. The molecule has 1 N–H and O–H groups in total. The van der Waals surface area contributed by atoms with E-state index in [1.165, 1.54) is 4.90 Å². The summed E-state index contributed by atoms with van der Waals surface area (Å²) in [6.07, 6.45) is 3.65. The Kier molecular flexibility index (Phi) is 5.73. The minimum absolute atomic E-state index is 0.182. The van der Waals surface area contributed by atoms with Crippen molar-refractivity contribution in [1.29, 1.82) is 0 Å². The van der Waals surface area contributed by atoms with Crippen LogP contribution in [0.1, 0.15) is 42.7 Å². The van der Waals surface area contributed by atoms with Crippen molar-refractivity contribution in [1.82, 2.24) is 14.7 Å². The summed E-state index contributed by atoms with van der Waals surface area (Å²) in [5.74, 6) is -1.67. The molecule has 1 heterocycles. The minimum atomic E-state index is -0.903. The highest BCUT2D eigenvalue weighted by Gasteiger charge is 2.21. The molecule has 0 fully saturated rings. The molecule has 0 radical (unpaired) electrons. The highest BCUT2D eigenvalue weighted by Crippen LogP contribution is 2.12. The second kappa shape index (κ2) is 7.07. The number of carboxylic acid groups (broad SMARTS) is 1. The number of carbonyl (C=O) groups excluding carboxylic acids is 1. The lowest BCUT2D eigenvalue weighted by Gasteiger charge is -2.19. The smallest absolute Gasteiger partial charge is 0.308 e. The standard InChI is InChI=1S/C14H23N3O3/c1-5-6-7-17-11(3)12(8-15-17)13(18)16(4)9-10(2)14(19)20/h8,10H,5-7,9H2,1-4H3,(H,19,20). The molecule has 112 valence electrons. The molecule has 1 rings (SSSR count). The molecule has 1 aromatic heterocycles. The van der Waals surface area contributed by atoms with Gasteiger partial charge in [0.25, 0.3) is 5.91 Å². The van der Waals surface area contributed by atoms with Gasteiger partial charge in [-0.15, -0.1) is 0 Å². The number of rotatable bonds is 7. The maximum absolute atomic E-state index is 12.3. The number of hydrogen-bond donors (Lipinski definition) is 1. The molecular formula is C14H23N3O3. The van der Waals surface area contributed by atoms with Crippen molar-refractivity contribution >= 4 is 11.9 Å². The van der Waals surface area contributed by atoms with Crippen LogP contribution in [0.2, 0.25) is 0 Å². The summed E-state index contributed by atoms with van der Waals surface area (Å²) in [6.45, 7) is 6.54. The number of amides is 1. The van der Waals surface area contributed by atoms with Gasteiger partial charge in [-0.3, -0.25) is 14.3 Å². The first-order valence-electron chi connectivity index (χ1n) is 6.89. The van der Waals surface area contributed by atoms with E-state index in [9.17, 15) is 9.59 Å². The van der Waals surface area contributed by atoms with Crippen molar-refractivity contribution < 1.29 is 14.7 Å². The molecule has 0 aliphatic carbocycles. The van der Waals surface area contributed by atoms with Gasteiger partial charge in [0.15, 0.2) is 0 Å². The highest BCUT2D eigenvalue weighted by molar-refractivity contribution is 5.95. The topological polar surface area (TPSA) is 75.4 Å².